The molecule has 11 heteroatoms. The average molecular weight is 539 g/mol. The highest BCUT2D eigenvalue weighted by Crippen LogP contribution is 2.39. The first kappa shape index (κ1) is 28.1. The Morgan fingerprint density at radius 3 is 2.58 bits per heavy atom. The molecule has 1 saturated carbocycles. The summed E-state index contributed by atoms with van der Waals surface area (Å²) >= 11 is 0. The highest BCUT2D eigenvalue weighted by atomic mass is 19.3. The van der Waals surface area contributed by atoms with E-state index in [2.05, 4.69) is 10.4 Å². The molecule has 1 amide bonds. The van der Waals surface area contributed by atoms with Gasteiger partial charge in [-0.15, -0.1) is 0 Å². The minimum absolute atomic E-state index is 0.000942. The van der Waals surface area contributed by atoms with Crippen molar-refractivity contribution in [1.82, 2.24) is 20.0 Å². The van der Waals surface area contributed by atoms with Gasteiger partial charge in [-0.1, -0.05) is 37.1 Å². The van der Waals surface area contributed by atoms with Crippen molar-refractivity contribution >= 4 is 11.9 Å². The van der Waals surface area contributed by atoms with Crippen LogP contribution in [0.3, 0.4) is 0 Å². The molecule has 2 N–H and O–H groups in total. The second-order valence-electron chi connectivity index (χ2n) is 10.5. The molecule has 4 rings (SSSR count). The molecule has 1 unspecified atom stereocenters. The molecule has 38 heavy (non-hydrogen) atoms. The van der Waals surface area contributed by atoms with Gasteiger partial charge in [0.05, 0.1) is 24.7 Å². The largest absolute Gasteiger partial charge is 0.481 e. The van der Waals surface area contributed by atoms with Crippen molar-refractivity contribution in [3.05, 3.63) is 41.6 Å². The van der Waals surface area contributed by atoms with Crippen LogP contribution in [0.2, 0.25) is 0 Å². The number of rotatable bonds is 10. The van der Waals surface area contributed by atoms with Crippen molar-refractivity contribution in [3.8, 4) is 11.3 Å². The quantitative estimate of drug-likeness (QED) is 0.392. The van der Waals surface area contributed by atoms with Gasteiger partial charge in [-0.25, -0.2) is 17.6 Å². The van der Waals surface area contributed by atoms with E-state index in [-0.39, 0.29) is 48.7 Å². The van der Waals surface area contributed by atoms with Crippen LogP contribution in [0.5, 0.6) is 0 Å². The maximum atomic E-state index is 14.4. The number of hydrogen-bond acceptors (Lipinski definition) is 4. The van der Waals surface area contributed by atoms with E-state index in [0.29, 0.717) is 18.7 Å². The molecule has 1 aliphatic carbocycles. The number of carboxylic acids is 1. The zero-order valence-electron chi connectivity index (χ0n) is 21.4. The lowest BCUT2D eigenvalue weighted by Gasteiger charge is -2.33. The molecule has 2 aromatic rings. The summed E-state index contributed by atoms with van der Waals surface area (Å²) in [6.45, 7) is 1.14. The van der Waals surface area contributed by atoms with Crippen LogP contribution in [0.15, 0.2) is 30.3 Å². The fourth-order valence-corrected chi connectivity index (χ4v) is 5.49. The normalized spacial score (nSPS) is 19.4. The van der Waals surface area contributed by atoms with E-state index >= 15 is 0 Å². The van der Waals surface area contributed by atoms with Crippen molar-refractivity contribution in [2.45, 2.75) is 82.2 Å². The number of halogens is 4. The third-order valence-corrected chi connectivity index (χ3v) is 7.34. The Bertz CT molecular complexity index is 1140. The number of likely N-dealkylation sites (tertiary alicyclic amines) is 1. The number of aromatic nitrogens is 2. The predicted molar refractivity (Wildman–Crippen MR) is 133 cm³/mol. The van der Waals surface area contributed by atoms with Gasteiger partial charge in [0.1, 0.15) is 0 Å². The van der Waals surface area contributed by atoms with E-state index < -0.39 is 36.3 Å². The van der Waals surface area contributed by atoms with Crippen molar-refractivity contribution in [2.24, 2.45) is 0 Å². The molecule has 2 aliphatic rings. The average Bonchev–Trinajstić information content (AvgIpc) is 3.51. The van der Waals surface area contributed by atoms with Crippen LogP contribution >= 0.6 is 0 Å². The van der Waals surface area contributed by atoms with Gasteiger partial charge in [0.2, 0.25) is 0 Å². The third-order valence-electron chi connectivity index (χ3n) is 7.34. The first-order valence-electron chi connectivity index (χ1n) is 13.1. The first-order chi connectivity index (χ1) is 17.9. The molecule has 0 spiro atoms. The molecular weight excluding hydrogens is 504 g/mol. The second kappa shape index (κ2) is 11.4. The fourth-order valence-electron chi connectivity index (χ4n) is 5.49. The SMILES string of the molecule is CC(F)(F)c1ccccc1-c1cc(C(=O)NC(CCN2CCCC(F)(F)C2)CC(=O)O)nn1C1CCCC1. The standard InChI is InChI=1S/C27H34F4N4O3/c1-26(28,29)21-10-5-4-9-20(21)23-16-22(33-35(23)19-7-2-3-8-19)25(38)32-18(15-24(36)37)11-14-34-13-6-12-27(30,31)17-34/h4-5,9-10,16,18-19H,2-3,6-8,11-15,17H2,1H3,(H,32,38)(H,36,37). The van der Waals surface area contributed by atoms with Crippen molar-refractivity contribution in [1.29, 1.82) is 0 Å². The molecule has 0 bridgehead atoms. The van der Waals surface area contributed by atoms with Gasteiger partial charge in [-0.3, -0.25) is 19.2 Å². The Hall–Kier alpha value is -2.95. The lowest BCUT2D eigenvalue weighted by atomic mass is 9.99. The van der Waals surface area contributed by atoms with E-state index in [1.165, 1.54) is 18.2 Å². The number of carbonyl (C=O) groups is 2. The Balaban J connectivity index is 1.57. The zero-order chi connectivity index (χ0) is 27.5. The van der Waals surface area contributed by atoms with Gasteiger partial charge in [0.25, 0.3) is 17.8 Å². The van der Waals surface area contributed by atoms with E-state index in [4.69, 9.17) is 0 Å². The van der Waals surface area contributed by atoms with Gasteiger partial charge in [-0.2, -0.15) is 5.10 Å². The molecule has 1 saturated heterocycles. The van der Waals surface area contributed by atoms with Crippen molar-refractivity contribution < 1.29 is 32.3 Å². The number of alkyl halides is 4. The lowest BCUT2D eigenvalue weighted by Crippen LogP contribution is -2.45. The number of benzene rings is 1. The van der Waals surface area contributed by atoms with Gasteiger partial charge in [0, 0.05) is 37.1 Å². The molecule has 1 aliphatic heterocycles. The van der Waals surface area contributed by atoms with E-state index in [9.17, 15) is 32.3 Å². The third kappa shape index (κ3) is 6.92. The summed E-state index contributed by atoms with van der Waals surface area (Å²) in [6, 6.07) is 6.76. The summed E-state index contributed by atoms with van der Waals surface area (Å²) in [5.41, 5.74) is 0.519. The number of amides is 1. The molecule has 2 fully saturated rings. The number of hydrogen-bond donors (Lipinski definition) is 2. The molecule has 2 heterocycles. The second-order valence-corrected chi connectivity index (χ2v) is 10.5. The number of nitrogens with zero attached hydrogens (tertiary/aromatic N) is 3. The highest BCUT2D eigenvalue weighted by molar-refractivity contribution is 5.94. The van der Waals surface area contributed by atoms with Crippen LogP contribution in [0.4, 0.5) is 17.6 Å². The maximum absolute atomic E-state index is 14.4. The van der Waals surface area contributed by atoms with Crippen molar-refractivity contribution in [3.63, 3.8) is 0 Å². The lowest BCUT2D eigenvalue weighted by molar-refractivity contribution is -0.137. The van der Waals surface area contributed by atoms with Crippen LogP contribution in [0, 0.1) is 0 Å². The minimum Gasteiger partial charge on any atom is -0.481 e. The molecule has 1 aromatic heterocycles. The van der Waals surface area contributed by atoms with E-state index in [1.807, 2.05) is 0 Å². The van der Waals surface area contributed by atoms with E-state index in [1.54, 1.807) is 21.7 Å². The summed E-state index contributed by atoms with van der Waals surface area (Å²) in [4.78, 5) is 26.3. The number of carbonyl (C=O) groups excluding carboxylic acids is 1. The number of piperidine rings is 1. The van der Waals surface area contributed by atoms with Crippen LogP contribution in [-0.4, -0.2) is 63.3 Å². The molecule has 1 atom stereocenters. The first-order valence-corrected chi connectivity index (χ1v) is 13.1. The summed E-state index contributed by atoms with van der Waals surface area (Å²) in [5.74, 6) is -7.64. The van der Waals surface area contributed by atoms with Gasteiger partial charge in [-0.05, 0) is 38.3 Å². The number of carboxylic acid groups (broad SMARTS) is 1. The minimum atomic E-state index is -3.11. The predicted octanol–water partition coefficient (Wildman–Crippen LogP) is 5.47. The highest BCUT2D eigenvalue weighted by Gasteiger charge is 2.35. The molecular formula is C27H34F4N4O3. The number of nitrogens with one attached hydrogen (secondary N) is 1. The van der Waals surface area contributed by atoms with Crippen LogP contribution in [-0.2, 0) is 10.7 Å². The summed E-state index contributed by atoms with van der Waals surface area (Å²) in [7, 11) is 0. The smallest absolute Gasteiger partial charge is 0.305 e. The maximum Gasteiger partial charge on any atom is 0.305 e. The van der Waals surface area contributed by atoms with Gasteiger partial charge in [0.15, 0.2) is 5.69 Å². The van der Waals surface area contributed by atoms with Gasteiger partial charge < -0.3 is 10.4 Å². The zero-order valence-corrected chi connectivity index (χ0v) is 21.4. The monoisotopic (exact) mass is 538 g/mol. The summed E-state index contributed by atoms with van der Waals surface area (Å²) in [6.07, 6.45) is 3.53. The van der Waals surface area contributed by atoms with E-state index in [0.717, 1.165) is 32.6 Å². The molecule has 208 valence electrons. The Morgan fingerprint density at radius 2 is 1.92 bits per heavy atom. The number of aliphatic carboxylic acids is 1. The molecule has 0 radical (unpaired) electrons. The Morgan fingerprint density at radius 1 is 1.21 bits per heavy atom. The fraction of sp³-hybridized carbons (Fsp3) is 0.593. The van der Waals surface area contributed by atoms with Crippen LogP contribution < -0.4 is 5.32 Å². The topological polar surface area (TPSA) is 87.5 Å². The summed E-state index contributed by atoms with van der Waals surface area (Å²) < 4.78 is 58.1. The molecule has 7 nitrogen and oxygen atoms in total. The van der Waals surface area contributed by atoms with Gasteiger partial charge >= 0.3 is 5.97 Å². The summed E-state index contributed by atoms with van der Waals surface area (Å²) in [5, 5.41) is 16.5. The Labute approximate surface area is 219 Å². The van der Waals surface area contributed by atoms with Crippen molar-refractivity contribution in [2.75, 3.05) is 19.6 Å². The Kier molecular flexibility index (Phi) is 8.44. The van der Waals surface area contributed by atoms with Crippen LogP contribution in [0.25, 0.3) is 11.3 Å². The van der Waals surface area contributed by atoms with Crippen LogP contribution in [0.1, 0.15) is 80.4 Å². The molecule has 1 aromatic carbocycles.